The van der Waals surface area contributed by atoms with Crippen molar-refractivity contribution in [1.29, 1.82) is 0 Å². The number of phenols is 1. The minimum Gasteiger partial charge on any atom is -0.504 e. The van der Waals surface area contributed by atoms with Crippen molar-refractivity contribution in [3.8, 4) is 11.5 Å². The van der Waals surface area contributed by atoms with Gasteiger partial charge in [-0.05, 0) is 43.4 Å². The number of alkyl halides is 1. The maximum Gasteiger partial charge on any atom is 0.160 e. The Morgan fingerprint density at radius 3 is 2.82 bits per heavy atom. The van der Waals surface area contributed by atoms with E-state index < -0.39 is 5.67 Å². The molecule has 122 valence electrons. The summed E-state index contributed by atoms with van der Waals surface area (Å²) in [6, 6.07) is 5.19. The van der Waals surface area contributed by atoms with Gasteiger partial charge in [-0.1, -0.05) is 19.4 Å². The third-order valence-corrected chi connectivity index (χ3v) is 5.33. The first-order valence-corrected chi connectivity index (χ1v) is 8.12. The maximum atomic E-state index is 15.1. The van der Waals surface area contributed by atoms with E-state index in [9.17, 15) is 5.11 Å². The van der Waals surface area contributed by atoms with Crippen LogP contribution in [0.2, 0.25) is 0 Å². The van der Waals surface area contributed by atoms with Gasteiger partial charge >= 0.3 is 0 Å². The SMILES string of the molecule is COc1ccc([C@H]2CC(C)(F)[C@@H]3CC[C@@H](C)C[C@H]3O2)cc1O. The average molecular weight is 308 g/mol. The van der Waals surface area contributed by atoms with E-state index in [1.54, 1.807) is 19.1 Å². The lowest BCUT2D eigenvalue weighted by Crippen LogP contribution is -2.49. The molecule has 22 heavy (non-hydrogen) atoms. The monoisotopic (exact) mass is 308 g/mol. The van der Waals surface area contributed by atoms with Crippen molar-refractivity contribution in [1.82, 2.24) is 0 Å². The molecule has 1 aromatic carbocycles. The lowest BCUT2D eigenvalue weighted by atomic mass is 9.69. The highest BCUT2D eigenvalue weighted by molar-refractivity contribution is 5.42. The molecule has 0 aromatic heterocycles. The molecule has 3 nitrogen and oxygen atoms in total. The van der Waals surface area contributed by atoms with Crippen molar-refractivity contribution in [2.75, 3.05) is 7.11 Å². The zero-order valence-electron chi connectivity index (χ0n) is 13.5. The number of phenolic OH excluding ortho intramolecular Hbond substituents is 1. The first-order chi connectivity index (χ1) is 10.4. The molecule has 1 heterocycles. The van der Waals surface area contributed by atoms with Crippen LogP contribution in [-0.2, 0) is 4.74 Å². The van der Waals surface area contributed by atoms with Gasteiger partial charge in [-0.2, -0.15) is 0 Å². The van der Waals surface area contributed by atoms with E-state index in [1.165, 1.54) is 7.11 Å². The van der Waals surface area contributed by atoms with E-state index in [4.69, 9.17) is 9.47 Å². The minimum atomic E-state index is -1.22. The molecule has 1 saturated carbocycles. The first-order valence-electron chi connectivity index (χ1n) is 8.12. The van der Waals surface area contributed by atoms with Gasteiger partial charge in [0, 0.05) is 12.3 Å². The second-order valence-electron chi connectivity index (χ2n) is 7.10. The molecule has 4 heteroatoms. The Morgan fingerprint density at radius 2 is 2.14 bits per heavy atom. The zero-order chi connectivity index (χ0) is 15.9. The summed E-state index contributed by atoms with van der Waals surface area (Å²) < 4.78 is 26.4. The van der Waals surface area contributed by atoms with E-state index in [2.05, 4.69) is 6.92 Å². The Hall–Kier alpha value is -1.29. The molecule has 5 atom stereocenters. The molecule has 0 spiro atoms. The Bertz CT molecular complexity index is 543. The van der Waals surface area contributed by atoms with Gasteiger partial charge in [-0.15, -0.1) is 0 Å². The predicted octanol–water partition coefficient (Wildman–Crippen LogP) is 4.40. The molecular weight excluding hydrogens is 283 g/mol. The normalized spacial score (nSPS) is 38.4. The first kappa shape index (κ1) is 15.6. The average Bonchev–Trinajstić information content (AvgIpc) is 2.45. The van der Waals surface area contributed by atoms with Crippen LogP contribution in [0, 0.1) is 11.8 Å². The van der Waals surface area contributed by atoms with Crippen molar-refractivity contribution in [2.45, 2.75) is 57.4 Å². The number of hydrogen-bond acceptors (Lipinski definition) is 3. The van der Waals surface area contributed by atoms with Crippen LogP contribution in [0.15, 0.2) is 18.2 Å². The van der Waals surface area contributed by atoms with Gasteiger partial charge in [0.25, 0.3) is 0 Å². The highest BCUT2D eigenvalue weighted by Crippen LogP contribution is 2.50. The lowest BCUT2D eigenvalue weighted by molar-refractivity contribution is -0.171. The van der Waals surface area contributed by atoms with Gasteiger partial charge in [0.2, 0.25) is 0 Å². The molecule has 0 radical (unpaired) electrons. The Morgan fingerprint density at radius 1 is 1.36 bits per heavy atom. The number of fused-ring (bicyclic) bond motifs is 1. The van der Waals surface area contributed by atoms with Crippen LogP contribution >= 0.6 is 0 Å². The van der Waals surface area contributed by atoms with Crippen molar-refractivity contribution >= 4 is 0 Å². The van der Waals surface area contributed by atoms with Crippen LogP contribution in [-0.4, -0.2) is 24.0 Å². The molecule has 3 rings (SSSR count). The molecule has 0 bridgehead atoms. The molecule has 0 amide bonds. The van der Waals surface area contributed by atoms with Crippen molar-refractivity contribution in [3.05, 3.63) is 23.8 Å². The maximum absolute atomic E-state index is 15.1. The summed E-state index contributed by atoms with van der Waals surface area (Å²) >= 11 is 0. The van der Waals surface area contributed by atoms with E-state index in [1.807, 2.05) is 6.07 Å². The van der Waals surface area contributed by atoms with Gasteiger partial charge in [0.1, 0.15) is 5.67 Å². The summed E-state index contributed by atoms with van der Waals surface area (Å²) in [7, 11) is 1.51. The second kappa shape index (κ2) is 5.73. The van der Waals surface area contributed by atoms with Crippen LogP contribution in [0.1, 0.15) is 51.2 Å². The molecule has 1 aliphatic carbocycles. The van der Waals surface area contributed by atoms with Gasteiger partial charge in [-0.3, -0.25) is 0 Å². The summed E-state index contributed by atoms with van der Waals surface area (Å²) in [6.07, 6.45) is 2.91. The molecule has 1 aromatic rings. The van der Waals surface area contributed by atoms with Crippen molar-refractivity contribution in [2.24, 2.45) is 11.8 Å². The fraction of sp³-hybridized carbons (Fsp3) is 0.667. The van der Waals surface area contributed by atoms with Gasteiger partial charge in [-0.25, -0.2) is 4.39 Å². The second-order valence-corrected chi connectivity index (χ2v) is 7.10. The predicted molar refractivity (Wildman–Crippen MR) is 82.9 cm³/mol. The van der Waals surface area contributed by atoms with Crippen LogP contribution in [0.4, 0.5) is 4.39 Å². The summed E-state index contributed by atoms with van der Waals surface area (Å²) in [5, 5.41) is 9.95. The Balaban J connectivity index is 1.84. The fourth-order valence-corrected chi connectivity index (χ4v) is 4.04. The van der Waals surface area contributed by atoms with Gasteiger partial charge in [0.15, 0.2) is 11.5 Å². The highest BCUT2D eigenvalue weighted by Gasteiger charge is 2.49. The number of rotatable bonds is 2. The number of aromatic hydroxyl groups is 1. The van der Waals surface area contributed by atoms with E-state index in [-0.39, 0.29) is 23.9 Å². The Kier molecular flexibility index (Phi) is 4.06. The van der Waals surface area contributed by atoms with Crippen LogP contribution in [0.25, 0.3) is 0 Å². The minimum absolute atomic E-state index is 0.00760. The van der Waals surface area contributed by atoms with E-state index >= 15 is 4.39 Å². The number of ether oxygens (including phenoxy) is 2. The molecular formula is C18H25FO3. The number of hydrogen-bond donors (Lipinski definition) is 1. The summed E-state index contributed by atoms with van der Waals surface area (Å²) in [4.78, 5) is 0. The summed E-state index contributed by atoms with van der Waals surface area (Å²) in [5.74, 6) is 1.07. The topological polar surface area (TPSA) is 38.7 Å². The number of methoxy groups -OCH3 is 1. The van der Waals surface area contributed by atoms with Gasteiger partial charge in [0.05, 0.1) is 19.3 Å². The summed E-state index contributed by atoms with van der Waals surface area (Å²) in [5.41, 5.74) is -0.401. The largest absolute Gasteiger partial charge is 0.504 e. The summed E-state index contributed by atoms with van der Waals surface area (Å²) in [6.45, 7) is 3.91. The highest BCUT2D eigenvalue weighted by atomic mass is 19.1. The molecule has 2 fully saturated rings. The van der Waals surface area contributed by atoms with Crippen molar-refractivity contribution < 1.29 is 19.0 Å². The van der Waals surface area contributed by atoms with Crippen molar-refractivity contribution in [3.63, 3.8) is 0 Å². The third kappa shape index (κ3) is 2.81. The molecule has 1 saturated heterocycles. The molecule has 1 N–H and O–H groups in total. The van der Waals surface area contributed by atoms with Gasteiger partial charge < -0.3 is 14.6 Å². The van der Waals surface area contributed by atoms with E-state index in [0.29, 0.717) is 18.1 Å². The smallest absolute Gasteiger partial charge is 0.160 e. The Labute approximate surface area is 131 Å². The standard InChI is InChI=1S/C18H25FO3/c1-11-4-6-13-16(8-11)22-17(10-18(13,2)19)12-5-7-15(21-3)14(20)9-12/h5,7,9,11,13,16-17,20H,4,6,8,10H2,1-3H3/t11-,13-,16-,17-,18?/m1/s1. The molecule has 1 aliphatic heterocycles. The quantitative estimate of drug-likeness (QED) is 0.880. The molecule has 1 unspecified atom stereocenters. The fourth-order valence-electron chi connectivity index (χ4n) is 4.04. The zero-order valence-corrected chi connectivity index (χ0v) is 13.5. The number of halogens is 1. The van der Waals surface area contributed by atoms with Crippen LogP contribution < -0.4 is 4.74 Å². The number of benzene rings is 1. The van der Waals surface area contributed by atoms with E-state index in [0.717, 1.165) is 24.8 Å². The van der Waals surface area contributed by atoms with Crippen LogP contribution in [0.3, 0.4) is 0 Å². The lowest BCUT2D eigenvalue weighted by Gasteiger charge is -2.48. The molecule has 2 aliphatic rings. The van der Waals surface area contributed by atoms with Crippen LogP contribution in [0.5, 0.6) is 11.5 Å². The third-order valence-electron chi connectivity index (χ3n) is 5.33.